The molecule has 0 amide bonds. The highest BCUT2D eigenvalue weighted by atomic mass is 16.6. The van der Waals surface area contributed by atoms with Gasteiger partial charge in [-0.25, -0.2) is 4.79 Å². The van der Waals surface area contributed by atoms with Crippen LogP contribution in [0.15, 0.2) is 46.8 Å². The number of Topliss-reactive ketones (excluding diaryl/α,β-unsaturated/α-hetero) is 1. The van der Waals surface area contributed by atoms with Gasteiger partial charge in [-0.15, -0.1) is 0 Å². The zero-order valence-corrected chi connectivity index (χ0v) is 20.4. The first-order valence-corrected chi connectivity index (χ1v) is 11.6. The van der Waals surface area contributed by atoms with Crippen LogP contribution < -0.4 is 10.1 Å². The predicted molar refractivity (Wildman–Crippen MR) is 125 cm³/mol. The number of allylic oxidation sites excluding steroid dienone is 3. The van der Waals surface area contributed by atoms with E-state index in [0.29, 0.717) is 42.2 Å². The summed E-state index contributed by atoms with van der Waals surface area (Å²) < 4.78 is 21.1. The molecule has 0 unspecified atom stereocenters. The Morgan fingerprint density at radius 1 is 1.09 bits per heavy atom. The Kier molecular flexibility index (Phi) is 8.50. The van der Waals surface area contributed by atoms with E-state index in [2.05, 4.69) is 5.32 Å². The SMILES string of the molecule is CCCOCCOC(=O)C1=C(C)NC2=C(C(=O)[C@@H](C(=O)OC)[C@@H](C)C2)[C@@H]1c1ccc(OC)cc1. The van der Waals surface area contributed by atoms with Crippen molar-refractivity contribution in [1.29, 1.82) is 0 Å². The Morgan fingerprint density at radius 2 is 1.79 bits per heavy atom. The smallest absolute Gasteiger partial charge is 0.336 e. The average molecular weight is 472 g/mol. The lowest BCUT2D eigenvalue weighted by atomic mass is 9.69. The second-order valence-corrected chi connectivity index (χ2v) is 8.56. The topological polar surface area (TPSA) is 100 Å². The molecule has 3 atom stereocenters. The lowest BCUT2D eigenvalue weighted by molar-refractivity contribution is -0.151. The number of ketones is 1. The summed E-state index contributed by atoms with van der Waals surface area (Å²) in [6.45, 7) is 6.64. The number of carbonyl (C=O) groups excluding carboxylic acids is 3. The number of hydrogen-bond acceptors (Lipinski definition) is 8. The summed E-state index contributed by atoms with van der Waals surface area (Å²) in [5, 5.41) is 3.25. The van der Waals surface area contributed by atoms with Crippen molar-refractivity contribution in [3.63, 3.8) is 0 Å². The molecule has 0 aromatic heterocycles. The molecule has 3 rings (SSSR count). The van der Waals surface area contributed by atoms with Crippen LogP contribution in [-0.2, 0) is 28.6 Å². The van der Waals surface area contributed by atoms with Crippen molar-refractivity contribution in [2.24, 2.45) is 11.8 Å². The largest absolute Gasteiger partial charge is 0.497 e. The number of carbonyl (C=O) groups is 3. The van der Waals surface area contributed by atoms with Crippen LogP contribution in [0.3, 0.4) is 0 Å². The van der Waals surface area contributed by atoms with Crippen molar-refractivity contribution in [3.05, 3.63) is 52.4 Å². The fraction of sp³-hybridized carbons (Fsp3) is 0.500. The third-order valence-corrected chi connectivity index (χ3v) is 6.22. The maximum Gasteiger partial charge on any atom is 0.336 e. The van der Waals surface area contributed by atoms with Crippen LogP contribution in [0.25, 0.3) is 0 Å². The second kappa shape index (κ2) is 11.3. The molecule has 1 aliphatic heterocycles. The Hall–Kier alpha value is -3.13. The minimum absolute atomic E-state index is 0.104. The summed E-state index contributed by atoms with van der Waals surface area (Å²) in [5.74, 6) is -2.62. The molecule has 1 aliphatic carbocycles. The summed E-state index contributed by atoms with van der Waals surface area (Å²) in [7, 11) is 2.85. The number of hydrogen-bond donors (Lipinski definition) is 1. The lowest BCUT2D eigenvalue weighted by Crippen LogP contribution is -2.43. The van der Waals surface area contributed by atoms with Crippen LogP contribution in [0.4, 0.5) is 0 Å². The molecule has 1 heterocycles. The molecule has 1 N–H and O–H groups in total. The number of esters is 2. The van der Waals surface area contributed by atoms with Gasteiger partial charge in [-0.05, 0) is 43.4 Å². The van der Waals surface area contributed by atoms with Crippen LogP contribution in [0.2, 0.25) is 0 Å². The molecule has 0 fully saturated rings. The number of benzene rings is 1. The first kappa shape index (κ1) is 25.5. The highest BCUT2D eigenvalue weighted by Crippen LogP contribution is 2.45. The third kappa shape index (κ3) is 5.17. The predicted octanol–water partition coefficient (Wildman–Crippen LogP) is 3.28. The standard InChI is InChI=1S/C26H33NO7/c1-6-11-33-12-13-34-26(30)21-16(3)27-19-14-15(2)20(25(29)32-5)24(28)23(19)22(21)17-7-9-18(31-4)10-8-17/h7-10,15,20,22,27H,6,11-14H2,1-5H3/t15-,20-,22+/m0/s1. The summed E-state index contributed by atoms with van der Waals surface area (Å²) in [6.07, 6.45) is 1.36. The van der Waals surface area contributed by atoms with Gasteiger partial charge in [0, 0.05) is 29.5 Å². The van der Waals surface area contributed by atoms with E-state index in [1.807, 2.05) is 26.0 Å². The zero-order valence-electron chi connectivity index (χ0n) is 20.4. The van der Waals surface area contributed by atoms with Crippen molar-refractivity contribution in [2.75, 3.05) is 34.0 Å². The molecule has 1 aromatic carbocycles. The maximum absolute atomic E-state index is 13.7. The third-order valence-electron chi connectivity index (χ3n) is 6.22. The van der Waals surface area contributed by atoms with E-state index in [0.717, 1.165) is 17.7 Å². The molecule has 184 valence electrons. The molecule has 0 radical (unpaired) electrons. The van der Waals surface area contributed by atoms with E-state index in [9.17, 15) is 14.4 Å². The number of nitrogens with one attached hydrogen (secondary N) is 1. The maximum atomic E-state index is 13.7. The summed E-state index contributed by atoms with van der Waals surface area (Å²) in [6, 6.07) is 7.20. The average Bonchev–Trinajstić information content (AvgIpc) is 2.82. The molecule has 0 saturated carbocycles. The Bertz CT molecular complexity index is 993. The number of methoxy groups -OCH3 is 2. The second-order valence-electron chi connectivity index (χ2n) is 8.56. The summed E-state index contributed by atoms with van der Waals surface area (Å²) in [5.41, 5.74) is 2.81. The minimum atomic E-state index is -0.926. The van der Waals surface area contributed by atoms with Gasteiger partial charge in [0.2, 0.25) is 0 Å². The number of rotatable bonds is 9. The Morgan fingerprint density at radius 3 is 2.41 bits per heavy atom. The first-order chi connectivity index (χ1) is 16.3. The molecular weight excluding hydrogens is 438 g/mol. The quantitative estimate of drug-likeness (QED) is 0.333. The van der Waals surface area contributed by atoms with Gasteiger partial charge in [-0.1, -0.05) is 26.0 Å². The minimum Gasteiger partial charge on any atom is -0.497 e. The van der Waals surface area contributed by atoms with Crippen molar-refractivity contribution in [3.8, 4) is 5.75 Å². The molecule has 0 saturated heterocycles. The van der Waals surface area contributed by atoms with E-state index >= 15 is 0 Å². The van der Waals surface area contributed by atoms with Gasteiger partial charge in [0.25, 0.3) is 0 Å². The molecule has 0 spiro atoms. The number of ether oxygens (including phenoxy) is 4. The van der Waals surface area contributed by atoms with Crippen molar-refractivity contribution in [2.45, 2.75) is 39.5 Å². The van der Waals surface area contributed by atoms with Crippen LogP contribution in [0.1, 0.15) is 45.1 Å². The van der Waals surface area contributed by atoms with Crippen molar-refractivity contribution < 1.29 is 33.3 Å². The molecule has 8 nitrogen and oxygen atoms in total. The van der Waals surface area contributed by atoms with Gasteiger partial charge in [0.1, 0.15) is 18.3 Å². The van der Waals surface area contributed by atoms with Crippen molar-refractivity contribution >= 4 is 17.7 Å². The molecule has 34 heavy (non-hydrogen) atoms. The molecule has 2 aliphatic rings. The van der Waals surface area contributed by atoms with Gasteiger partial charge in [0.05, 0.1) is 26.4 Å². The molecule has 1 aromatic rings. The van der Waals surface area contributed by atoms with E-state index in [1.54, 1.807) is 26.2 Å². The van der Waals surface area contributed by atoms with Gasteiger partial charge < -0.3 is 24.3 Å². The van der Waals surface area contributed by atoms with Gasteiger partial charge in [-0.2, -0.15) is 0 Å². The Balaban J connectivity index is 2.02. The highest BCUT2D eigenvalue weighted by molar-refractivity contribution is 6.12. The van der Waals surface area contributed by atoms with Gasteiger partial charge in [-0.3, -0.25) is 9.59 Å². The Labute approximate surface area is 200 Å². The van der Waals surface area contributed by atoms with E-state index in [1.165, 1.54) is 7.11 Å². The van der Waals surface area contributed by atoms with Crippen LogP contribution in [0, 0.1) is 11.8 Å². The van der Waals surface area contributed by atoms with E-state index in [-0.39, 0.29) is 18.3 Å². The first-order valence-electron chi connectivity index (χ1n) is 11.6. The van der Waals surface area contributed by atoms with Gasteiger partial charge >= 0.3 is 11.9 Å². The van der Waals surface area contributed by atoms with E-state index < -0.39 is 23.8 Å². The summed E-state index contributed by atoms with van der Waals surface area (Å²) >= 11 is 0. The van der Waals surface area contributed by atoms with Crippen LogP contribution >= 0.6 is 0 Å². The highest BCUT2D eigenvalue weighted by Gasteiger charge is 2.47. The molecular formula is C26H33NO7. The van der Waals surface area contributed by atoms with Crippen molar-refractivity contribution in [1.82, 2.24) is 5.32 Å². The van der Waals surface area contributed by atoms with Crippen LogP contribution in [-0.4, -0.2) is 51.8 Å². The summed E-state index contributed by atoms with van der Waals surface area (Å²) in [4.78, 5) is 39.4. The fourth-order valence-electron chi connectivity index (χ4n) is 4.60. The normalized spacial score (nSPS) is 22.1. The monoisotopic (exact) mass is 471 g/mol. The fourth-order valence-corrected chi connectivity index (χ4v) is 4.60. The number of dihydropyridines is 1. The van der Waals surface area contributed by atoms with E-state index in [4.69, 9.17) is 18.9 Å². The lowest BCUT2D eigenvalue weighted by Gasteiger charge is -2.38. The molecule has 0 bridgehead atoms. The zero-order chi connectivity index (χ0) is 24.8. The molecule has 8 heteroatoms. The van der Waals surface area contributed by atoms with Crippen LogP contribution in [0.5, 0.6) is 5.75 Å². The van der Waals surface area contributed by atoms with Gasteiger partial charge in [0.15, 0.2) is 5.78 Å².